The van der Waals surface area contributed by atoms with Gasteiger partial charge in [-0.3, -0.25) is 0 Å². The van der Waals surface area contributed by atoms with Crippen LogP contribution in [-0.2, 0) is 13.2 Å². The van der Waals surface area contributed by atoms with Crippen molar-refractivity contribution in [1.82, 2.24) is 5.32 Å². The van der Waals surface area contributed by atoms with Crippen LogP contribution in [0.4, 0.5) is 0 Å². The predicted molar refractivity (Wildman–Crippen MR) is 66.3 cm³/mol. The molecule has 1 aromatic heterocycles. The smallest absolute Gasteiger partial charge is 0.120 e. The highest BCUT2D eigenvalue weighted by molar-refractivity contribution is 5.22. The maximum atomic E-state index is 8.94. The molecule has 2 aromatic rings. The minimum atomic E-state index is 0.0938. The molecule has 3 nitrogen and oxygen atoms in total. The fourth-order valence-corrected chi connectivity index (χ4v) is 1.67. The van der Waals surface area contributed by atoms with Gasteiger partial charge in [0.2, 0.25) is 0 Å². The number of aliphatic hydroxyl groups is 1. The Balaban J connectivity index is 1.89. The molecule has 0 bridgehead atoms. The topological polar surface area (TPSA) is 45.4 Å². The third-order valence-electron chi connectivity index (χ3n) is 2.79. The van der Waals surface area contributed by atoms with Crippen LogP contribution < -0.4 is 5.32 Å². The number of furan rings is 1. The molecule has 1 atom stereocenters. The van der Waals surface area contributed by atoms with Crippen LogP contribution in [0, 0.1) is 0 Å². The van der Waals surface area contributed by atoms with Crippen LogP contribution in [0.1, 0.15) is 29.9 Å². The van der Waals surface area contributed by atoms with Gasteiger partial charge in [-0.05, 0) is 30.2 Å². The van der Waals surface area contributed by atoms with Crippen molar-refractivity contribution in [1.29, 1.82) is 0 Å². The molecule has 1 aromatic carbocycles. The molecule has 3 heteroatoms. The highest BCUT2D eigenvalue weighted by atomic mass is 16.3. The first kappa shape index (κ1) is 11.9. The van der Waals surface area contributed by atoms with Crippen molar-refractivity contribution in [3.63, 3.8) is 0 Å². The lowest BCUT2D eigenvalue weighted by molar-refractivity contribution is 0.282. The molecule has 0 fully saturated rings. The zero-order valence-corrected chi connectivity index (χ0v) is 9.89. The zero-order valence-electron chi connectivity index (χ0n) is 9.89. The molecule has 0 radical (unpaired) electrons. The summed E-state index contributed by atoms with van der Waals surface area (Å²) in [5, 5.41) is 12.3. The second-order valence-electron chi connectivity index (χ2n) is 4.09. The molecule has 0 saturated carbocycles. The highest BCUT2D eigenvalue weighted by Crippen LogP contribution is 2.13. The zero-order chi connectivity index (χ0) is 12.1. The van der Waals surface area contributed by atoms with Crippen molar-refractivity contribution >= 4 is 0 Å². The van der Waals surface area contributed by atoms with Gasteiger partial charge in [0.25, 0.3) is 0 Å². The standard InChI is InChI=1S/C14H17NO2/c1-11(14-3-2-8-17-14)15-9-12-4-6-13(10-16)7-5-12/h2-8,11,15-16H,9-10H2,1H3/t11-/m0/s1. The summed E-state index contributed by atoms with van der Waals surface area (Å²) in [6.45, 7) is 2.95. The van der Waals surface area contributed by atoms with Gasteiger partial charge in [0.05, 0.1) is 18.9 Å². The Bertz CT molecular complexity index is 434. The largest absolute Gasteiger partial charge is 0.468 e. The summed E-state index contributed by atoms with van der Waals surface area (Å²) in [7, 11) is 0. The Morgan fingerprint density at radius 2 is 1.88 bits per heavy atom. The minimum absolute atomic E-state index is 0.0938. The molecule has 2 N–H and O–H groups in total. The molecular weight excluding hydrogens is 214 g/mol. The number of benzene rings is 1. The van der Waals surface area contributed by atoms with Gasteiger partial charge in [-0.15, -0.1) is 0 Å². The van der Waals surface area contributed by atoms with E-state index in [0.29, 0.717) is 0 Å². The molecular formula is C14H17NO2. The molecule has 0 saturated heterocycles. The van der Waals surface area contributed by atoms with Gasteiger partial charge >= 0.3 is 0 Å². The van der Waals surface area contributed by atoms with Crippen molar-refractivity contribution in [2.75, 3.05) is 0 Å². The van der Waals surface area contributed by atoms with Gasteiger partial charge in [0.15, 0.2) is 0 Å². The first-order valence-corrected chi connectivity index (χ1v) is 5.75. The second kappa shape index (κ2) is 5.66. The summed E-state index contributed by atoms with van der Waals surface area (Å²) in [5.41, 5.74) is 2.13. The Morgan fingerprint density at radius 1 is 1.18 bits per heavy atom. The summed E-state index contributed by atoms with van der Waals surface area (Å²) >= 11 is 0. The van der Waals surface area contributed by atoms with Gasteiger partial charge in [-0.2, -0.15) is 0 Å². The van der Waals surface area contributed by atoms with Crippen molar-refractivity contribution in [3.8, 4) is 0 Å². The fraction of sp³-hybridized carbons (Fsp3) is 0.286. The van der Waals surface area contributed by atoms with E-state index in [4.69, 9.17) is 9.52 Å². The summed E-state index contributed by atoms with van der Waals surface area (Å²) in [6, 6.07) is 12.0. The van der Waals surface area contributed by atoms with Crippen molar-refractivity contribution < 1.29 is 9.52 Å². The monoisotopic (exact) mass is 231 g/mol. The van der Waals surface area contributed by atoms with Crippen LogP contribution >= 0.6 is 0 Å². The van der Waals surface area contributed by atoms with Crippen LogP contribution in [0.3, 0.4) is 0 Å². The number of hydrogen-bond acceptors (Lipinski definition) is 3. The summed E-state index contributed by atoms with van der Waals surface area (Å²) < 4.78 is 5.32. The normalized spacial score (nSPS) is 12.6. The molecule has 0 aliphatic heterocycles. The van der Waals surface area contributed by atoms with Gasteiger partial charge < -0.3 is 14.8 Å². The van der Waals surface area contributed by atoms with E-state index < -0.39 is 0 Å². The van der Waals surface area contributed by atoms with Crippen LogP contribution in [-0.4, -0.2) is 5.11 Å². The van der Waals surface area contributed by atoms with E-state index in [9.17, 15) is 0 Å². The van der Waals surface area contributed by atoms with Gasteiger partial charge in [0.1, 0.15) is 5.76 Å². The molecule has 1 heterocycles. The second-order valence-corrected chi connectivity index (χ2v) is 4.09. The van der Waals surface area contributed by atoms with Crippen LogP contribution in [0.25, 0.3) is 0 Å². The number of rotatable bonds is 5. The van der Waals surface area contributed by atoms with E-state index in [0.717, 1.165) is 17.9 Å². The fourth-order valence-electron chi connectivity index (χ4n) is 1.67. The maximum absolute atomic E-state index is 8.94. The number of aliphatic hydroxyl groups excluding tert-OH is 1. The van der Waals surface area contributed by atoms with E-state index in [-0.39, 0.29) is 12.6 Å². The third kappa shape index (κ3) is 3.19. The predicted octanol–water partition coefficient (Wildman–Crippen LogP) is 2.62. The van der Waals surface area contributed by atoms with Gasteiger partial charge in [-0.1, -0.05) is 24.3 Å². The summed E-state index contributed by atoms with van der Waals surface area (Å²) in [5.74, 6) is 0.942. The van der Waals surface area contributed by atoms with Gasteiger partial charge in [-0.25, -0.2) is 0 Å². The molecule has 0 amide bonds. The van der Waals surface area contributed by atoms with E-state index in [2.05, 4.69) is 12.2 Å². The quantitative estimate of drug-likeness (QED) is 0.831. The van der Waals surface area contributed by atoms with Crippen molar-refractivity contribution in [2.45, 2.75) is 26.1 Å². The van der Waals surface area contributed by atoms with Crippen LogP contribution in [0.2, 0.25) is 0 Å². The SMILES string of the molecule is C[C@H](NCc1ccc(CO)cc1)c1ccco1. The summed E-state index contributed by atoms with van der Waals surface area (Å²) in [4.78, 5) is 0. The summed E-state index contributed by atoms with van der Waals surface area (Å²) in [6.07, 6.45) is 1.68. The van der Waals surface area contributed by atoms with E-state index >= 15 is 0 Å². The van der Waals surface area contributed by atoms with Crippen LogP contribution in [0.15, 0.2) is 47.1 Å². The number of hydrogen-bond donors (Lipinski definition) is 2. The Labute approximate surface area is 101 Å². The molecule has 0 spiro atoms. The third-order valence-corrected chi connectivity index (χ3v) is 2.79. The van der Waals surface area contributed by atoms with E-state index in [1.807, 2.05) is 36.4 Å². The average molecular weight is 231 g/mol. The Hall–Kier alpha value is -1.58. The van der Waals surface area contributed by atoms with Crippen molar-refractivity contribution in [3.05, 3.63) is 59.5 Å². The molecule has 0 aliphatic rings. The Morgan fingerprint density at radius 3 is 2.47 bits per heavy atom. The maximum Gasteiger partial charge on any atom is 0.120 e. The van der Waals surface area contributed by atoms with Gasteiger partial charge in [0, 0.05) is 6.54 Å². The molecule has 0 aliphatic carbocycles. The Kier molecular flexibility index (Phi) is 3.96. The molecule has 0 unspecified atom stereocenters. The number of nitrogens with one attached hydrogen (secondary N) is 1. The van der Waals surface area contributed by atoms with E-state index in [1.54, 1.807) is 6.26 Å². The molecule has 2 rings (SSSR count). The average Bonchev–Trinajstić information content (AvgIpc) is 2.90. The van der Waals surface area contributed by atoms with Crippen molar-refractivity contribution in [2.24, 2.45) is 0 Å². The lowest BCUT2D eigenvalue weighted by atomic mass is 10.1. The highest BCUT2D eigenvalue weighted by Gasteiger charge is 2.06. The first-order chi connectivity index (χ1) is 8.29. The van der Waals surface area contributed by atoms with E-state index in [1.165, 1.54) is 5.56 Å². The molecule has 90 valence electrons. The molecule has 17 heavy (non-hydrogen) atoms. The first-order valence-electron chi connectivity index (χ1n) is 5.75. The minimum Gasteiger partial charge on any atom is -0.468 e. The lowest BCUT2D eigenvalue weighted by Crippen LogP contribution is -2.17. The lowest BCUT2D eigenvalue weighted by Gasteiger charge is -2.11. The van der Waals surface area contributed by atoms with Crippen LogP contribution in [0.5, 0.6) is 0 Å².